The number of nitrogens with one attached hydrogen (secondary N) is 1. The Kier molecular flexibility index (Phi) is 8.05. The number of alkyl halides is 3. The van der Waals surface area contributed by atoms with Gasteiger partial charge in [0.15, 0.2) is 5.60 Å². The molecule has 13 heteroatoms. The Balaban J connectivity index is 1.66. The number of amides is 1. The van der Waals surface area contributed by atoms with E-state index in [1.807, 2.05) is 9.80 Å². The van der Waals surface area contributed by atoms with Crippen molar-refractivity contribution in [1.29, 1.82) is 0 Å². The number of anilines is 1. The minimum absolute atomic E-state index is 0.0944. The van der Waals surface area contributed by atoms with Gasteiger partial charge in [-0.15, -0.1) is 12.6 Å². The average Bonchev–Trinajstić information content (AvgIpc) is 2.86. The van der Waals surface area contributed by atoms with Gasteiger partial charge in [0.2, 0.25) is 15.9 Å². The number of hydrogen-bond acceptors (Lipinski definition) is 7. The van der Waals surface area contributed by atoms with E-state index < -0.39 is 33.4 Å². The van der Waals surface area contributed by atoms with Crippen LogP contribution < -0.4 is 10.2 Å². The Hall–Kier alpha value is -2.32. The lowest BCUT2D eigenvalue weighted by molar-refractivity contribution is -0.258. The molecule has 2 saturated heterocycles. The van der Waals surface area contributed by atoms with Gasteiger partial charge in [-0.3, -0.25) is 9.69 Å². The number of carbonyl (C=O) groups is 1. The Bertz CT molecular complexity index is 1320. The SMILES string of the molecule is CC1(C)C(=O)NCCN1C[C@H]1CN(S(=O)(=O)c2ccccc2S)CCN1c1ccc([C@@](C)(O)C(F)(F)F)cc1. The molecule has 0 bridgehead atoms. The number of thiol groups is 1. The van der Waals surface area contributed by atoms with E-state index in [9.17, 15) is 31.5 Å². The summed E-state index contributed by atoms with van der Waals surface area (Å²) < 4.78 is 68.6. The van der Waals surface area contributed by atoms with Gasteiger partial charge in [-0.05, 0) is 50.6 Å². The highest BCUT2D eigenvalue weighted by Gasteiger charge is 2.51. The lowest BCUT2D eigenvalue weighted by Crippen LogP contribution is -2.66. The normalized spacial score (nSPS) is 22.8. The largest absolute Gasteiger partial charge is 0.421 e. The number of rotatable bonds is 6. The summed E-state index contributed by atoms with van der Waals surface area (Å²) in [6.45, 7) is 6.17. The third-order valence-corrected chi connectivity index (χ3v) is 10.2. The van der Waals surface area contributed by atoms with E-state index in [0.29, 0.717) is 37.1 Å². The maximum absolute atomic E-state index is 13.6. The molecule has 2 fully saturated rings. The van der Waals surface area contributed by atoms with Crippen molar-refractivity contribution in [3.63, 3.8) is 0 Å². The molecule has 1 amide bonds. The van der Waals surface area contributed by atoms with E-state index in [1.165, 1.54) is 34.6 Å². The molecule has 0 aliphatic carbocycles. The average molecular weight is 587 g/mol. The zero-order valence-corrected chi connectivity index (χ0v) is 23.7. The van der Waals surface area contributed by atoms with Gasteiger partial charge in [-0.2, -0.15) is 17.5 Å². The summed E-state index contributed by atoms with van der Waals surface area (Å²) >= 11 is 4.33. The van der Waals surface area contributed by atoms with Gasteiger partial charge >= 0.3 is 6.18 Å². The van der Waals surface area contributed by atoms with Crippen LogP contribution in [0.25, 0.3) is 0 Å². The molecular formula is C26H33F3N4O4S2. The van der Waals surface area contributed by atoms with Crippen LogP contribution in [-0.2, 0) is 20.4 Å². The Labute approximate surface area is 232 Å². The van der Waals surface area contributed by atoms with Crippen LogP contribution in [0.4, 0.5) is 18.9 Å². The summed E-state index contributed by atoms with van der Waals surface area (Å²) in [5, 5.41) is 12.9. The third kappa shape index (κ3) is 5.64. The first kappa shape index (κ1) is 29.7. The van der Waals surface area contributed by atoms with Crippen molar-refractivity contribution >= 4 is 34.2 Å². The fourth-order valence-corrected chi connectivity index (χ4v) is 7.07. The molecule has 2 atom stereocenters. The molecule has 4 rings (SSSR count). The molecule has 0 aromatic heterocycles. The molecule has 214 valence electrons. The van der Waals surface area contributed by atoms with Gasteiger partial charge < -0.3 is 15.3 Å². The molecule has 2 aliphatic heterocycles. The van der Waals surface area contributed by atoms with Gasteiger partial charge in [0.25, 0.3) is 0 Å². The van der Waals surface area contributed by atoms with Crippen LogP contribution in [0.3, 0.4) is 0 Å². The van der Waals surface area contributed by atoms with Crippen LogP contribution in [0.1, 0.15) is 26.3 Å². The lowest BCUT2D eigenvalue weighted by atomic mass is 9.94. The second-order valence-electron chi connectivity index (χ2n) is 10.6. The topological polar surface area (TPSA) is 93.2 Å². The first-order valence-electron chi connectivity index (χ1n) is 12.5. The molecule has 0 radical (unpaired) electrons. The van der Waals surface area contributed by atoms with Crippen molar-refractivity contribution in [2.24, 2.45) is 0 Å². The van der Waals surface area contributed by atoms with Gasteiger partial charge in [-0.1, -0.05) is 24.3 Å². The number of hydrogen-bond donors (Lipinski definition) is 3. The van der Waals surface area contributed by atoms with E-state index in [4.69, 9.17) is 0 Å². The molecule has 2 aromatic rings. The summed E-state index contributed by atoms with van der Waals surface area (Å²) in [5.74, 6) is -0.136. The maximum Gasteiger partial charge on any atom is 0.421 e. The smallest absolute Gasteiger partial charge is 0.376 e. The number of benzene rings is 2. The molecule has 2 aromatic carbocycles. The number of piperazine rings is 2. The third-order valence-electron chi connectivity index (χ3n) is 7.69. The molecule has 39 heavy (non-hydrogen) atoms. The van der Waals surface area contributed by atoms with Crippen molar-refractivity contribution < 1.29 is 31.5 Å². The fraction of sp³-hybridized carbons (Fsp3) is 0.500. The second-order valence-corrected chi connectivity index (χ2v) is 12.9. The second kappa shape index (κ2) is 10.6. The van der Waals surface area contributed by atoms with Gasteiger partial charge in [0.05, 0.1) is 16.5 Å². The summed E-state index contributed by atoms with van der Waals surface area (Å²) in [4.78, 5) is 17.0. The van der Waals surface area contributed by atoms with Crippen LogP contribution in [0, 0.1) is 0 Å². The Morgan fingerprint density at radius 2 is 1.72 bits per heavy atom. The summed E-state index contributed by atoms with van der Waals surface area (Å²) in [5.41, 5.74) is -3.55. The zero-order chi connectivity index (χ0) is 28.8. The number of aliphatic hydroxyl groups is 1. The first-order valence-corrected chi connectivity index (χ1v) is 14.4. The highest BCUT2D eigenvalue weighted by atomic mass is 32.2. The number of nitrogens with zero attached hydrogens (tertiary/aromatic N) is 3. The standard InChI is InChI=1S/C26H33F3N4O4S2/c1-24(2)23(34)30-12-13-31(24)16-20-17-32(39(36,37)22-7-5-4-6-21(22)38)14-15-33(20)19-10-8-18(9-11-19)25(3,35)26(27,28)29/h4-11,20,35,38H,12-17H2,1-3H3,(H,30,34)/t20-,25+/m0/s1. The van der Waals surface area contributed by atoms with Crippen LogP contribution in [0.5, 0.6) is 0 Å². The van der Waals surface area contributed by atoms with E-state index in [2.05, 4.69) is 17.9 Å². The molecule has 0 saturated carbocycles. The summed E-state index contributed by atoms with van der Waals surface area (Å²) in [6.07, 6.45) is -4.85. The Morgan fingerprint density at radius 1 is 1.08 bits per heavy atom. The monoisotopic (exact) mass is 586 g/mol. The van der Waals surface area contributed by atoms with Crippen molar-refractivity contribution in [1.82, 2.24) is 14.5 Å². The predicted molar refractivity (Wildman–Crippen MR) is 144 cm³/mol. The minimum Gasteiger partial charge on any atom is -0.376 e. The Morgan fingerprint density at radius 3 is 2.33 bits per heavy atom. The molecule has 0 unspecified atom stereocenters. The molecule has 2 aliphatic rings. The van der Waals surface area contributed by atoms with Gasteiger partial charge in [0.1, 0.15) is 0 Å². The molecule has 2 N–H and O–H groups in total. The first-order chi connectivity index (χ1) is 18.1. The van der Waals surface area contributed by atoms with Crippen molar-refractivity contribution in [2.75, 3.05) is 44.2 Å². The predicted octanol–water partition coefficient (Wildman–Crippen LogP) is 2.84. The van der Waals surface area contributed by atoms with E-state index in [-0.39, 0.29) is 36.0 Å². The quantitative estimate of drug-likeness (QED) is 0.451. The highest BCUT2D eigenvalue weighted by molar-refractivity contribution is 7.90. The van der Waals surface area contributed by atoms with E-state index in [1.54, 1.807) is 32.0 Å². The fourth-order valence-electron chi connectivity index (χ4n) is 5.01. The lowest BCUT2D eigenvalue weighted by Gasteiger charge is -2.48. The summed E-state index contributed by atoms with van der Waals surface area (Å²) in [6, 6.07) is 11.5. The van der Waals surface area contributed by atoms with Crippen molar-refractivity contribution in [3.8, 4) is 0 Å². The summed E-state index contributed by atoms with van der Waals surface area (Å²) in [7, 11) is -3.88. The van der Waals surface area contributed by atoms with Crippen LogP contribution >= 0.6 is 12.6 Å². The molecule has 2 heterocycles. The van der Waals surface area contributed by atoms with Crippen molar-refractivity contribution in [2.45, 2.75) is 53.9 Å². The highest BCUT2D eigenvalue weighted by Crippen LogP contribution is 2.39. The number of sulfonamides is 1. The van der Waals surface area contributed by atoms with E-state index >= 15 is 0 Å². The number of halogens is 3. The van der Waals surface area contributed by atoms with Crippen LogP contribution in [0.2, 0.25) is 0 Å². The number of carbonyl (C=O) groups excluding carboxylic acids is 1. The minimum atomic E-state index is -4.85. The maximum atomic E-state index is 13.6. The van der Waals surface area contributed by atoms with E-state index in [0.717, 1.165) is 0 Å². The van der Waals surface area contributed by atoms with Gasteiger partial charge in [0, 0.05) is 49.9 Å². The van der Waals surface area contributed by atoms with Gasteiger partial charge in [-0.25, -0.2) is 8.42 Å². The molecule has 8 nitrogen and oxygen atoms in total. The van der Waals surface area contributed by atoms with Crippen LogP contribution in [0.15, 0.2) is 58.3 Å². The van der Waals surface area contributed by atoms with Crippen molar-refractivity contribution in [3.05, 3.63) is 54.1 Å². The zero-order valence-electron chi connectivity index (χ0n) is 21.9. The molecule has 0 spiro atoms. The molecular weight excluding hydrogens is 553 g/mol. The van der Waals surface area contributed by atoms with Crippen LogP contribution in [-0.4, -0.2) is 85.7 Å².